The third kappa shape index (κ3) is 3.37. The Balaban J connectivity index is 1.70. The summed E-state index contributed by atoms with van der Waals surface area (Å²) in [6.45, 7) is 3.33. The first kappa shape index (κ1) is 15.2. The van der Waals surface area contributed by atoms with Crippen LogP contribution in [0.1, 0.15) is 18.1 Å². The predicted octanol–water partition coefficient (Wildman–Crippen LogP) is 2.89. The molecule has 0 saturated heterocycles. The molecule has 0 amide bonds. The number of nitrogens with zero attached hydrogens (tertiary/aromatic N) is 5. The highest BCUT2D eigenvalue weighted by Crippen LogP contribution is 2.34. The van der Waals surface area contributed by atoms with E-state index in [-0.39, 0.29) is 5.25 Å². The van der Waals surface area contributed by atoms with Crippen LogP contribution in [0.5, 0.6) is 0 Å². The molecule has 0 aliphatic carbocycles. The molecule has 0 spiro atoms. The van der Waals surface area contributed by atoms with Gasteiger partial charge in [0.15, 0.2) is 5.16 Å². The van der Waals surface area contributed by atoms with Crippen molar-refractivity contribution < 1.29 is 9.15 Å². The fourth-order valence-electron chi connectivity index (χ4n) is 1.79. The number of hydrogen-bond donors (Lipinski definition) is 0. The molecule has 0 fully saturated rings. The smallest absolute Gasteiger partial charge is 0.257 e. The molecule has 116 valence electrons. The molecule has 0 bridgehead atoms. The Hall–Kier alpha value is -1.71. The predicted molar refractivity (Wildman–Crippen MR) is 83.8 cm³/mol. The first-order valence-electron chi connectivity index (χ1n) is 6.68. The first-order valence-corrected chi connectivity index (χ1v) is 8.44. The van der Waals surface area contributed by atoms with Gasteiger partial charge in [-0.1, -0.05) is 17.8 Å². The van der Waals surface area contributed by atoms with Crippen molar-refractivity contribution in [3.8, 4) is 10.8 Å². The Kier molecular flexibility index (Phi) is 4.86. The van der Waals surface area contributed by atoms with Crippen LogP contribution in [-0.2, 0) is 11.3 Å². The molecular weight excluding hydrogens is 322 g/mol. The van der Waals surface area contributed by atoms with Crippen molar-refractivity contribution in [2.24, 2.45) is 0 Å². The number of methoxy groups -OCH3 is 1. The van der Waals surface area contributed by atoms with E-state index in [1.165, 1.54) is 11.8 Å². The lowest BCUT2D eigenvalue weighted by molar-refractivity contribution is 0.184. The summed E-state index contributed by atoms with van der Waals surface area (Å²) in [6.07, 6.45) is 1.69. The number of thioether (sulfide) groups is 1. The molecule has 0 radical (unpaired) electrons. The van der Waals surface area contributed by atoms with E-state index in [4.69, 9.17) is 9.15 Å². The van der Waals surface area contributed by atoms with Crippen LogP contribution in [-0.4, -0.2) is 38.7 Å². The van der Waals surface area contributed by atoms with E-state index in [9.17, 15) is 0 Å². The van der Waals surface area contributed by atoms with Crippen LogP contribution in [0.3, 0.4) is 0 Å². The maximum atomic E-state index is 5.74. The van der Waals surface area contributed by atoms with E-state index in [0.717, 1.165) is 10.0 Å². The summed E-state index contributed by atoms with van der Waals surface area (Å²) in [4.78, 5) is 0.971. The minimum Gasteiger partial charge on any atom is -0.419 e. The molecule has 3 rings (SSSR count). The van der Waals surface area contributed by atoms with Crippen LogP contribution in [0.2, 0.25) is 0 Å². The molecular formula is C13H15N5O2S2. The molecule has 3 aromatic rings. The molecule has 0 aromatic carbocycles. The summed E-state index contributed by atoms with van der Waals surface area (Å²) < 4.78 is 12.8. The highest BCUT2D eigenvalue weighted by Gasteiger charge is 2.19. The van der Waals surface area contributed by atoms with Crippen LogP contribution in [0, 0.1) is 0 Å². The fraction of sp³-hybridized carbons (Fsp3) is 0.385. The zero-order valence-electron chi connectivity index (χ0n) is 12.2. The molecule has 3 aromatic heterocycles. The highest BCUT2D eigenvalue weighted by atomic mass is 32.2. The Labute approximate surface area is 135 Å². The van der Waals surface area contributed by atoms with Gasteiger partial charge in [0.05, 0.1) is 16.7 Å². The van der Waals surface area contributed by atoms with E-state index < -0.39 is 0 Å². The normalized spacial score (nSPS) is 12.6. The zero-order chi connectivity index (χ0) is 15.4. The average molecular weight is 337 g/mol. The summed E-state index contributed by atoms with van der Waals surface area (Å²) >= 11 is 3.11. The minimum absolute atomic E-state index is 0.00768. The van der Waals surface area contributed by atoms with Gasteiger partial charge >= 0.3 is 0 Å². The van der Waals surface area contributed by atoms with Crippen LogP contribution in [0.15, 0.2) is 33.4 Å². The standard InChI is InChI=1S/C13H15N5O2S2/c1-9(22-13-17-14-8-18(13)5-6-19-2)11-15-16-12(20-11)10-4-3-7-21-10/h3-4,7-9H,5-6H2,1-2H3. The highest BCUT2D eigenvalue weighted by molar-refractivity contribution is 7.99. The Bertz CT molecular complexity index is 710. The topological polar surface area (TPSA) is 78.9 Å². The van der Waals surface area contributed by atoms with Crippen molar-refractivity contribution in [2.75, 3.05) is 13.7 Å². The second kappa shape index (κ2) is 7.03. The van der Waals surface area contributed by atoms with Crippen molar-refractivity contribution in [2.45, 2.75) is 23.9 Å². The van der Waals surface area contributed by atoms with Gasteiger partial charge in [-0.3, -0.25) is 0 Å². The van der Waals surface area contributed by atoms with Crippen LogP contribution >= 0.6 is 23.1 Å². The Morgan fingerprint density at radius 1 is 1.41 bits per heavy atom. The molecule has 9 heteroatoms. The van der Waals surface area contributed by atoms with E-state index in [0.29, 0.717) is 24.9 Å². The third-order valence-electron chi connectivity index (χ3n) is 2.92. The maximum absolute atomic E-state index is 5.74. The van der Waals surface area contributed by atoms with Crippen molar-refractivity contribution in [3.05, 3.63) is 29.7 Å². The van der Waals surface area contributed by atoms with Crippen molar-refractivity contribution in [1.29, 1.82) is 0 Å². The summed E-state index contributed by atoms with van der Waals surface area (Å²) in [5.41, 5.74) is 0. The zero-order valence-corrected chi connectivity index (χ0v) is 13.8. The van der Waals surface area contributed by atoms with Crippen LogP contribution < -0.4 is 0 Å². The van der Waals surface area contributed by atoms with Gasteiger partial charge in [0.2, 0.25) is 5.89 Å². The molecule has 1 atom stereocenters. The Morgan fingerprint density at radius 3 is 3.09 bits per heavy atom. The molecule has 0 N–H and O–H groups in total. The summed E-state index contributed by atoms with van der Waals surface area (Å²) in [6, 6.07) is 3.92. The lowest BCUT2D eigenvalue weighted by Gasteiger charge is -2.08. The largest absolute Gasteiger partial charge is 0.419 e. The molecule has 3 heterocycles. The van der Waals surface area contributed by atoms with Crippen molar-refractivity contribution >= 4 is 23.1 Å². The van der Waals surface area contributed by atoms with Crippen LogP contribution in [0.25, 0.3) is 10.8 Å². The molecule has 0 saturated carbocycles. The molecule has 22 heavy (non-hydrogen) atoms. The maximum Gasteiger partial charge on any atom is 0.257 e. The number of ether oxygens (including phenoxy) is 1. The van der Waals surface area contributed by atoms with Crippen molar-refractivity contribution in [1.82, 2.24) is 25.0 Å². The fourth-order valence-corrected chi connectivity index (χ4v) is 3.31. The number of hydrogen-bond acceptors (Lipinski definition) is 8. The monoisotopic (exact) mass is 337 g/mol. The summed E-state index contributed by atoms with van der Waals surface area (Å²) in [5.74, 6) is 1.13. The molecule has 7 nitrogen and oxygen atoms in total. The minimum atomic E-state index is -0.00768. The lowest BCUT2D eigenvalue weighted by atomic mass is 10.5. The van der Waals surface area contributed by atoms with Crippen molar-refractivity contribution in [3.63, 3.8) is 0 Å². The van der Waals surface area contributed by atoms with Gasteiger partial charge in [-0.2, -0.15) is 0 Å². The first-order chi connectivity index (χ1) is 10.8. The van der Waals surface area contributed by atoms with Gasteiger partial charge in [-0.25, -0.2) is 0 Å². The number of thiophene rings is 1. The van der Waals surface area contributed by atoms with E-state index in [2.05, 4.69) is 20.4 Å². The van der Waals surface area contributed by atoms with Gasteiger partial charge in [0.1, 0.15) is 6.33 Å². The number of rotatable bonds is 7. The van der Waals surface area contributed by atoms with Gasteiger partial charge in [0, 0.05) is 13.7 Å². The Morgan fingerprint density at radius 2 is 2.32 bits per heavy atom. The van der Waals surface area contributed by atoms with Gasteiger partial charge in [0.25, 0.3) is 5.89 Å². The lowest BCUT2D eigenvalue weighted by Crippen LogP contribution is -2.05. The van der Waals surface area contributed by atoms with E-state index in [1.54, 1.807) is 24.8 Å². The second-order valence-electron chi connectivity index (χ2n) is 4.48. The van der Waals surface area contributed by atoms with E-state index >= 15 is 0 Å². The van der Waals surface area contributed by atoms with Gasteiger partial charge < -0.3 is 13.7 Å². The van der Waals surface area contributed by atoms with E-state index in [1.807, 2.05) is 29.0 Å². The van der Waals surface area contributed by atoms with Gasteiger partial charge in [-0.05, 0) is 18.4 Å². The number of aromatic nitrogens is 5. The molecule has 0 aliphatic rings. The summed E-state index contributed by atoms with van der Waals surface area (Å²) in [5, 5.41) is 19.1. The quantitative estimate of drug-likeness (QED) is 0.613. The molecule has 1 unspecified atom stereocenters. The third-order valence-corrected chi connectivity index (χ3v) is 4.86. The van der Waals surface area contributed by atoms with Gasteiger partial charge in [-0.15, -0.1) is 31.7 Å². The summed E-state index contributed by atoms with van der Waals surface area (Å²) in [7, 11) is 1.67. The average Bonchev–Trinajstić information content (AvgIpc) is 3.25. The SMILES string of the molecule is COCCn1cnnc1SC(C)c1nnc(-c2cccs2)o1. The molecule has 0 aliphatic heterocycles. The van der Waals surface area contributed by atoms with Crippen LogP contribution in [0.4, 0.5) is 0 Å². The second-order valence-corrected chi connectivity index (χ2v) is 6.74.